The molecule has 0 aliphatic rings. The van der Waals surface area contributed by atoms with Crippen LogP contribution < -0.4 is 0 Å². The predicted octanol–water partition coefficient (Wildman–Crippen LogP) is 5.08. The fourth-order valence-corrected chi connectivity index (χ4v) is 3.12. The molecule has 3 heteroatoms. The summed E-state index contributed by atoms with van der Waals surface area (Å²) < 4.78 is 1.17. The van der Waals surface area contributed by atoms with Crippen LogP contribution in [0, 0.1) is 0 Å². The van der Waals surface area contributed by atoms with E-state index in [-0.39, 0.29) is 6.10 Å². The van der Waals surface area contributed by atoms with Gasteiger partial charge < -0.3 is 5.11 Å². The topological polar surface area (TPSA) is 33.1 Å². The minimum atomic E-state index is -0.356. The van der Waals surface area contributed by atoms with Gasteiger partial charge in [0, 0.05) is 11.8 Å². The summed E-state index contributed by atoms with van der Waals surface area (Å²) >= 11 is 1.68. The van der Waals surface area contributed by atoms with Gasteiger partial charge in [0.05, 0.1) is 16.3 Å². The highest BCUT2D eigenvalue weighted by Gasteiger charge is 2.09. The van der Waals surface area contributed by atoms with Gasteiger partial charge in [0.25, 0.3) is 0 Å². The fraction of sp³-hybridized carbons (Fsp3) is 0.562. The van der Waals surface area contributed by atoms with E-state index in [1.165, 1.54) is 36.8 Å². The van der Waals surface area contributed by atoms with Crippen molar-refractivity contribution < 1.29 is 5.11 Å². The molecule has 0 aliphatic carbocycles. The van der Waals surface area contributed by atoms with Crippen molar-refractivity contribution in [1.82, 2.24) is 4.98 Å². The van der Waals surface area contributed by atoms with E-state index in [1.807, 2.05) is 17.6 Å². The molecule has 0 fully saturated rings. The Labute approximate surface area is 119 Å². The second-order valence-electron chi connectivity index (χ2n) is 5.14. The number of rotatable bonds is 8. The molecule has 2 aromatic heterocycles. The molecule has 2 nitrogen and oxygen atoms in total. The number of aromatic nitrogens is 1. The number of aliphatic hydroxyl groups is 1. The molecule has 0 saturated carbocycles. The Morgan fingerprint density at radius 3 is 2.84 bits per heavy atom. The van der Waals surface area contributed by atoms with Crippen LogP contribution in [0.15, 0.2) is 23.7 Å². The Bertz CT molecular complexity index is 494. The SMILES string of the molecule is CCCCCCCCC(O)c1cnc2ccsc2c1. The standard InChI is InChI=1S/C16H23NOS/c1-2-3-4-5-6-7-8-15(18)13-11-16-14(17-12-13)9-10-19-16/h9-12,15,18H,2-8H2,1H3. The lowest BCUT2D eigenvalue weighted by Crippen LogP contribution is -1.98. The monoisotopic (exact) mass is 277 g/mol. The molecule has 1 N–H and O–H groups in total. The summed E-state index contributed by atoms with van der Waals surface area (Å²) in [5.41, 5.74) is 1.99. The lowest BCUT2D eigenvalue weighted by molar-refractivity contribution is 0.163. The van der Waals surface area contributed by atoms with Crippen LogP contribution in [0.4, 0.5) is 0 Å². The van der Waals surface area contributed by atoms with Gasteiger partial charge in [0.2, 0.25) is 0 Å². The predicted molar refractivity (Wildman–Crippen MR) is 82.6 cm³/mol. The number of thiophene rings is 1. The Balaban J connectivity index is 1.77. The van der Waals surface area contributed by atoms with Crippen molar-refractivity contribution in [3.8, 4) is 0 Å². The molecule has 0 amide bonds. The first-order valence-corrected chi connectivity index (χ1v) is 8.20. The Morgan fingerprint density at radius 2 is 2.00 bits per heavy atom. The summed E-state index contributed by atoms with van der Waals surface area (Å²) in [5.74, 6) is 0. The molecule has 104 valence electrons. The molecule has 0 aromatic carbocycles. The van der Waals surface area contributed by atoms with Gasteiger partial charge in [0.1, 0.15) is 0 Å². The second-order valence-corrected chi connectivity index (χ2v) is 6.09. The number of unbranched alkanes of at least 4 members (excludes halogenated alkanes) is 5. The summed E-state index contributed by atoms with van der Waals surface area (Å²) in [4.78, 5) is 4.38. The third kappa shape index (κ3) is 4.29. The van der Waals surface area contributed by atoms with E-state index < -0.39 is 0 Å². The van der Waals surface area contributed by atoms with Gasteiger partial charge >= 0.3 is 0 Å². The molecule has 1 unspecified atom stereocenters. The smallest absolute Gasteiger partial charge is 0.0809 e. The normalized spacial score (nSPS) is 12.9. The van der Waals surface area contributed by atoms with Crippen LogP contribution >= 0.6 is 11.3 Å². The summed E-state index contributed by atoms with van der Waals surface area (Å²) in [6.45, 7) is 2.23. The van der Waals surface area contributed by atoms with Crippen LogP contribution in [0.1, 0.15) is 63.5 Å². The molecule has 0 aliphatic heterocycles. The van der Waals surface area contributed by atoms with E-state index in [2.05, 4.69) is 18.0 Å². The minimum absolute atomic E-state index is 0.356. The number of aliphatic hydroxyl groups excluding tert-OH is 1. The van der Waals surface area contributed by atoms with Crippen molar-refractivity contribution in [2.75, 3.05) is 0 Å². The first-order chi connectivity index (χ1) is 9.31. The van der Waals surface area contributed by atoms with Gasteiger partial charge in [-0.15, -0.1) is 11.3 Å². The number of pyridine rings is 1. The maximum absolute atomic E-state index is 10.2. The minimum Gasteiger partial charge on any atom is -0.388 e. The van der Waals surface area contributed by atoms with Crippen LogP contribution in [0.3, 0.4) is 0 Å². The summed E-state index contributed by atoms with van der Waals surface area (Å²) in [6.07, 6.45) is 9.89. The average Bonchev–Trinajstić information content (AvgIpc) is 2.89. The van der Waals surface area contributed by atoms with E-state index in [0.29, 0.717) is 0 Å². The molecule has 0 radical (unpaired) electrons. The molecule has 0 saturated heterocycles. The molecular weight excluding hydrogens is 254 g/mol. The van der Waals surface area contributed by atoms with E-state index in [9.17, 15) is 5.11 Å². The highest BCUT2D eigenvalue weighted by Crippen LogP contribution is 2.25. The van der Waals surface area contributed by atoms with Crippen LogP contribution in [0.2, 0.25) is 0 Å². The molecule has 0 bridgehead atoms. The zero-order valence-corrected chi connectivity index (χ0v) is 12.5. The largest absolute Gasteiger partial charge is 0.388 e. The maximum atomic E-state index is 10.2. The quantitative estimate of drug-likeness (QED) is 0.682. The summed E-state index contributed by atoms with van der Waals surface area (Å²) in [7, 11) is 0. The third-order valence-electron chi connectivity index (χ3n) is 3.54. The first kappa shape index (κ1) is 14.5. The van der Waals surface area contributed by atoms with E-state index in [4.69, 9.17) is 0 Å². The van der Waals surface area contributed by atoms with Crippen LogP contribution in [-0.4, -0.2) is 10.1 Å². The molecule has 2 heterocycles. The average molecular weight is 277 g/mol. The Kier molecular flexibility index (Phi) is 5.80. The lowest BCUT2D eigenvalue weighted by atomic mass is 10.0. The van der Waals surface area contributed by atoms with Gasteiger partial charge in [-0.25, -0.2) is 0 Å². The Morgan fingerprint density at radius 1 is 1.21 bits per heavy atom. The van der Waals surface area contributed by atoms with Gasteiger partial charge in [0.15, 0.2) is 0 Å². The molecular formula is C16H23NOS. The van der Waals surface area contributed by atoms with Crippen molar-refractivity contribution in [1.29, 1.82) is 0 Å². The molecule has 19 heavy (non-hydrogen) atoms. The maximum Gasteiger partial charge on any atom is 0.0809 e. The van der Waals surface area contributed by atoms with Crippen molar-refractivity contribution >= 4 is 21.6 Å². The van der Waals surface area contributed by atoms with E-state index in [0.717, 1.165) is 23.9 Å². The van der Waals surface area contributed by atoms with Gasteiger partial charge in [-0.3, -0.25) is 4.98 Å². The molecule has 2 aromatic rings. The van der Waals surface area contributed by atoms with Crippen molar-refractivity contribution in [3.63, 3.8) is 0 Å². The van der Waals surface area contributed by atoms with Gasteiger partial charge in [-0.05, 0) is 23.9 Å². The van der Waals surface area contributed by atoms with Crippen LogP contribution in [0.25, 0.3) is 10.2 Å². The van der Waals surface area contributed by atoms with Crippen molar-refractivity contribution in [2.45, 2.75) is 58.0 Å². The Hall–Kier alpha value is -0.930. The second kappa shape index (κ2) is 7.61. The summed E-state index contributed by atoms with van der Waals surface area (Å²) in [5, 5.41) is 12.2. The van der Waals surface area contributed by atoms with E-state index in [1.54, 1.807) is 11.3 Å². The number of hydrogen-bond acceptors (Lipinski definition) is 3. The first-order valence-electron chi connectivity index (χ1n) is 7.32. The van der Waals surface area contributed by atoms with Crippen molar-refractivity contribution in [3.05, 3.63) is 29.3 Å². The van der Waals surface area contributed by atoms with Crippen LogP contribution in [-0.2, 0) is 0 Å². The van der Waals surface area contributed by atoms with Gasteiger partial charge in [-0.2, -0.15) is 0 Å². The highest BCUT2D eigenvalue weighted by atomic mass is 32.1. The zero-order chi connectivity index (χ0) is 13.5. The van der Waals surface area contributed by atoms with Gasteiger partial charge in [-0.1, -0.05) is 45.4 Å². The van der Waals surface area contributed by atoms with E-state index >= 15 is 0 Å². The van der Waals surface area contributed by atoms with Crippen LogP contribution in [0.5, 0.6) is 0 Å². The molecule has 1 atom stereocenters. The number of hydrogen-bond donors (Lipinski definition) is 1. The highest BCUT2D eigenvalue weighted by molar-refractivity contribution is 7.17. The van der Waals surface area contributed by atoms with Crippen molar-refractivity contribution in [2.24, 2.45) is 0 Å². The lowest BCUT2D eigenvalue weighted by Gasteiger charge is -2.10. The fourth-order valence-electron chi connectivity index (χ4n) is 2.33. The number of nitrogens with zero attached hydrogens (tertiary/aromatic N) is 1. The molecule has 2 rings (SSSR count). The third-order valence-corrected chi connectivity index (χ3v) is 4.39. The molecule has 0 spiro atoms. The number of fused-ring (bicyclic) bond motifs is 1. The zero-order valence-electron chi connectivity index (χ0n) is 11.6. The summed E-state index contributed by atoms with van der Waals surface area (Å²) in [6, 6.07) is 4.10.